The van der Waals surface area contributed by atoms with Crippen LogP contribution in [-0.2, 0) is 11.8 Å². The van der Waals surface area contributed by atoms with E-state index in [4.69, 9.17) is 0 Å². The lowest BCUT2D eigenvalue weighted by Gasteiger charge is -2.22. The molecular formula is C33H41N2S+. The number of thiophene rings is 1. The van der Waals surface area contributed by atoms with Crippen LogP contribution in [0.5, 0.6) is 0 Å². The highest BCUT2D eigenvalue weighted by atomic mass is 32.1. The van der Waals surface area contributed by atoms with E-state index < -0.39 is 0 Å². The molecule has 5 rings (SSSR count). The van der Waals surface area contributed by atoms with E-state index >= 15 is 0 Å². The molecule has 3 heteroatoms. The van der Waals surface area contributed by atoms with Crippen LogP contribution >= 0.6 is 11.3 Å². The van der Waals surface area contributed by atoms with Crippen molar-refractivity contribution >= 4 is 34.5 Å². The zero-order valence-electron chi connectivity index (χ0n) is 22.5. The Balaban J connectivity index is 1.54. The predicted octanol–water partition coefficient (Wildman–Crippen LogP) is 8.41. The van der Waals surface area contributed by atoms with Gasteiger partial charge in [0.1, 0.15) is 6.54 Å². The Labute approximate surface area is 222 Å². The van der Waals surface area contributed by atoms with Crippen LogP contribution in [0.1, 0.15) is 67.5 Å². The minimum Gasteiger partial charge on any atom is -0.375 e. The average Bonchev–Trinajstić information content (AvgIpc) is 3.64. The number of fused-ring (bicyclic) bond motifs is 1. The third kappa shape index (κ3) is 5.09. The fraction of sp³-hybridized carbons (Fsp3) is 0.424. The third-order valence-corrected chi connectivity index (χ3v) is 9.36. The molecule has 1 unspecified atom stereocenters. The van der Waals surface area contributed by atoms with Crippen molar-refractivity contribution in [2.24, 2.45) is 5.92 Å². The van der Waals surface area contributed by atoms with Gasteiger partial charge in [-0.1, -0.05) is 55.5 Å². The molecule has 1 fully saturated rings. The summed E-state index contributed by atoms with van der Waals surface area (Å²) >= 11 is 1.88. The number of anilines is 1. The van der Waals surface area contributed by atoms with Crippen LogP contribution in [0.2, 0.25) is 0 Å². The second-order valence-electron chi connectivity index (χ2n) is 11.0. The van der Waals surface area contributed by atoms with Gasteiger partial charge in [0.25, 0.3) is 0 Å². The highest BCUT2D eigenvalue weighted by Crippen LogP contribution is 2.44. The smallest absolute Gasteiger partial charge is 0.209 e. The van der Waals surface area contributed by atoms with E-state index in [-0.39, 0.29) is 5.41 Å². The highest BCUT2D eigenvalue weighted by molar-refractivity contribution is 7.09. The Morgan fingerprint density at radius 3 is 2.53 bits per heavy atom. The van der Waals surface area contributed by atoms with Crippen molar-refractivity contribution in [2.75, 3.05) is 25.0 Å². The van der Waals surface area contributed by atoms with E-state index in [1.54, 1.807) is 0 Å². The molecule has 2 aromatic carbocycles. The number of nitrogens with zero attached hydrogens (tertiary/aromatic N) is 2. The van der Waals surface area contributed by atoms with E-state index in [1.807, 2.05) is 11.3 Å². The monoisotopic (exact) mass is 497 g/mol. The van der Waals surface area contributed by atoms with E-state index in [0.717, 1.165) is 25.4 Å². The Kier molecular flexibility index (Phi) is 7.48. The van der Waals surface area contributed by atoms with E-state index in [9.17, 15) is 0 Å². The Morgan fingerprint density at radius 2 is 1.83 bits per heavy atom. The molecule has 1 aliphatic carbocycles. The number of hydrogen-bond donors (Lipinski definition) is 0. The van der Waals surface area contributed by atoms with Crippen LogP contribution in [-0.4, -0.2) is 30.4 Å². The first-order valence-corrected chi connectivity index (χ1v) is 14.6. The van der Waals surface area contributed by atoms with Gasteiger partial charge in [0, 0.05) is 54.7 Å². The van der Waals surface area contributed by atoms with Gasteiger partial charge in [-0.05, 0) is 68.0 Å². The highest BCUT2D eigenvalue weighted by Gasteiger charge is 2.48. The van der Waals surface area contributed by atoms with Crippen molar-refractivity contribution in [3.63, 3.8) is 0 Å². The van der Waals surface area contributed by atoms with Crippen molar-refractivity contribution in [1.82, 2.24) is 0 Å². The summed E-state index contributed by atoms with van der Waals surface area (Å²) in [4.78, 5) is 3.74. The summed E-state index contributed by atoms with van der Waals surface area (Å²) in [6.45, 7) is 9.03. The predicted molar refractivity (Wildman–Crippen MR) is 157 cm³/mol. The zero-order chi connectivity index (χ0) is 25.1. The maximum absolute atomic E-state index is 2.66. The van der Waals surface area contributed by atoms with E-state index in [2.05, 4.69) is 109 Å². The lowest BCUT2D eigenvalue weighted by molar-refractivity contribution is -0.439. The molecule has 0 saturated heterocycles. The molecule has 1 atom stereocenters. The first-order valence-electron chi connectivity index (χ1n) is 13.8. The Morgan fingerprint density at radius 1 is 1.06 bits per heavy atom. The molecule has 2 nitrogen and oxygen atoms in total. The van der Waals surface area contributed by atoms with Crippen LogP contribution < -0.4 is 4.90 Å². The lowest BCUT2D eigenvalue weighted by atomic mass is 9.75. The summed E-state index contributed by atoms with van der Waals surface area (Å²) in [5.41, 5.74) is 8.19. The second-order valence-corrected chi connectivity index (χ2v) is 12.1. The molecule has 0 bridgehead atoms. The molecule has 1 aromatic heterocycles. The van der Waals surface area contributed by atoms with E-state index in [0.29, 0.717) is 0 Å². The van der Waals surface area contributed by atoms with Gasteiger partial charge in [-0.2, -0.15) is 4.58 Å². The zero-order valence-corrected chi connectivity index (χ0v) is 23.3. The first-order chi connectivity index (χ1) is 17.5. The standard InChI is InChI=1S/C33H41N2S/c1-5-34(4)28-16-13-27(14-17-28)15-19-32-33(3,24-29-11-8-22-36-29)30-23-25(2)12-18-31(30)35(32)21-20-26-9-6-7-10-26/h8,11-19,22-23,26H,5-7,9-10,20-21,24H2,1-4H3/q+1. The van der Waals surface area contributed by atoms with Crippen LogP contribution in [0, 0.1) is 12.8 Å². The second kappa shape index (κ2) is 10.8. The van der Waals surface area contributed by atoms with Crippen molar-refractivity contribution in [3.8, 4) is 0 Å². The summed E-state index contributed by atoms with van der Waals surface area (Å²) < 4.78 is 2.66. The number of aryl methyl sites for hydroxylation is 1. The van der Waals surface area contributed by atoms with Gasteiger partial charge in [-0.3, -0.25) is 0 Å². The Bertz CT molecular complexity index is 1230. The normalized spacial score (nSPS) is 20.0. The van der Waals surface area contributed by atoms with Gasteiger partial charge in [0.2, 0.25) is 5.69 Å². The number of hydrogen-bond acceptors (Lipinski definition) is 2. The Hall–Kier alpha value is -2.65. The van der Waals surface area contributed by atoms with Crippen LogP contribution in [0.25, 0.3) is 6.08 Å². The molecule has 36 heavy (non-hydrogen) atoms. The summed E-state index contributed by atoms with van der Waals surface area (Å²) in [5, 5.41) is 2.22. The van der Waals surface area contributed by atoms with Crippen molar-refractivity contribution in [1.29, 1.82) is 0 Å². The quantitative estimate of drug-likeness (QED) is 0.269. The van der Waals surface area contributed by atoms with Crippen molar-refractivity contribution in [2.45, 2.75) is 64.7 Å². The summed E-state index contributed by atoms with van der Waals surface area (Å²) in [6, 6.07) is 20.6. The molecule has 2 aliphatic rings. The molecule has 0 spiro atoms. The van der Waals surface area contributed by atoms with E-state index in [1.165, 1.54) is 70.8 Å². The number of rotatable bonds is 9. The van der Waals surface area contributed by atoms with Gasteiger partial charge in [0.05, 0.1) is 5.41 Å². The fourth-order valence-electron chi connectivity index (χ4n) is 6.16. The van der Waals surface area contributed by atoms with Crippen molar-refractivity contribution in [3.05, 3.63) is 87.6 Å². The molecule has 188 valence electrons. The van der Waals surface area contributed by atoms with Crippen LogP contribution in [0.3, 0.4) is 0 Å². The number of benzene rings is 2. The van der Waals surface area contributed by atoms with Crippen molar-refractivity contribution < 1.29 is 4.58 Å². The summed E-state index contributed by atoms with van der Waals surface area (Å²) in [6.07, 6.45) is 12.7. The SMILES string of the molecule is CCN(C)c1ccc(/C=C/C2=[N+](CCC3CCCC3)c3ccc(C)cc3C2(C)Cc2cccs2)cc1. The topological polar surface area (TPSA) is 6.25 Å². The third-order valence-electron chi connectivity index (χ3n) is 8.48. The average molecular weight is 498 g/mol. The van der Waals surface area contributed by atoms with Gasteiger partial charge in [0.15, 0.2) is 5.71 Å². The largest absolute Gasteiger partial charge is 0.375 e. The maximum atomic E-state index is 2.66. The van der Waals surface area contributed by atoms with Gasteiger partial charge in [-0.15, -0.1) is 11.3 Å². The summed E-state index contributed by atoms with van der Waals surface area (Å²) in [7, 11) is 2.15. The molecule has 3 aromatic rings. The van der Waals surface area contributed by atoms with Gasteiger partial charge >= 0.3 is 0 Å². The van der Waals surface area contributed by atoms with Gasteiger partial charge < -0.3 is 4.90 Å². The molecule has 2 heterocycles. The molecule has 1 aliphatic heterocycles. The molecule has 1 saturated carbocycles. The lowest BCUT2D eigenvalue weighted by Crippen LogP contribution is -2.33. The maximum Gasteiger partial charge on any atom is 0.209 e. The molecular weight excluding hydrogens is 456 g/mol. The van der Waals surface area contributed by atoms with Crippen LogP contribution in [0.15, 0.2) is 66.1 Å². The molecule has 0 amide bonds. The van der Waals surface area contributed by atoms with Crippen LogP contribution in [0.4, 0.5) is 11.4 Å². The number of allylic oxidation sites excluding steroid dienone is 1. The summed E-state index contributed by atoms with van der Waals surface area (Å²) in [5.74, 6) is 0.886. The fourth-order valence-corrected chi connectivity index (χ4v) is 7.02. The molecule has 0 radical (unpaired) electrons. The molecule has 0 N–H and O–H groups in total. The minimum absolute atomic E-state index is 0.0409. The minimum atomic E-state index is -0.0409. The van der Waals surface area contributed by atoms with Gasteiger partial charge in [-0.25, -0.2) is 0 Å². The first kappa shape index (κ1) is 25.0.